The number of nitrogens with zero attached hydrogens (tertiary/aromatic N) is 1. The van der Waals surface area contributed by atoms with Crippen molar-refractivity contribution in [3.8, 4) is 0 Å². The summed E-state index contributed by atoms with van der Waals surface area (Å²) >= 11 is 0. The molecule has 1 fully saturated rings. The standard InChI is InChI=1S/C10H14N2O3/c1-7-4-8(15-9(7)5-11)6-12-2-3-14-10(12)13/h4H,2-3,5-6,11H2,1H3. The van der Waals surface area contributed by atoms with E-state index >= 15 is 0 Å². The van der Waals surface area contributed by atoms with Crippen molar-refractivity contribution in [1.29, 1.82) is 0 Å². The highest BCUT2D eigenvalue weighted by atomic mass is 16.6. The predicted molar refractivity (Wildman–Crippen MR) is 53.1 cm³/mol. The summed E-state index contributed by atoms with van der Waals surface area (Å²) in [6.07, 6.45) is -0.279. The lowest BCUT2D eigenvalue weighted by Crippen LogP contribution is -2.23. The minimum absolute atomic E-state index is 0.279. The molecule has 1 amide bonds. The largest absolute Gasteiger partial charge is 0.463 e. The summed E-state index contributed by atoms with van der Waals surface area (Å²) in [5.41, 5.74) is 6.53. The molecule has 0 aliphatic carbocycles. The van der Waals surface area contributed by atoms with Gasteiger partial charge in [0, 0.05) is 0 Å². The molecular formula is C10H14N2O3. The number of hydrogen-bond acceptors (Lipinski definition) is 4. The highest BCUT2D eigenvalue weighted by Crippen LogP contribution is 2.17. The summed E-state index contributed by atoms with van der Waals surface area (Å²) in [6.45, 7) is 3.87. The molecule has 1 aliphatic heterocycles. The van der Waals surface area contributed by atoms with Crippen LogP contribution in [0.5, 0.6) is 0 Å². The number of amides is 1. The zero-order valence-electron chi connectivity index (χ0n) is 8.66. The van der Waals surface area contributed by atoms with Crippen molar-refractivity contribution in [3.63, 3.8) is 0 Å². The minimum atomic E-state index is -0.279. The van der Waals surface area contributed by atoms with Crippen LogP contribution >= 0.6 is 0 Å². The van der Waals surface area contributed by atoms with Gasteiger partial charge in [0.2, 0.25) is 0 Å². The molecule has 82 valence electrons. The molecule has 1 aromatic rings. The van der Waals surface area contributed by atoms with Crippen LogP contribution in [0.15, 0.2) is 10.5 Å². The summed E-state index contributed by atoms with van der Waals surface area (Å²) < 4.78 is 10.3. The molecule has 0 unspecified atom stereocenters. The number of carbonyl (C=O) groups excluding carboxylic acids is 1. The molecule has 0 radical (unpaired) electrons. The molecule has 1 aliphatic rings. The lowest BCUT2D eigenvalue weighted by molar-refractivity contribution is 0.155. The average Bonchev–Trinajstić information content (AvgIpc) is 2.75. The molecule has 0 spiro atoms. The van der Waals surface area contributed by atoms with E-state index in [2.05, 4.69) is 0 Å². The van der Waals surface area contributed by atoms with E-state index in [1.165, 1.54) is 0 Å². The van der Waals surface area contributed by atoms with Crippen molar-refractivity contribution in [2.75, 3.05) is 13.2 Å². The number of hydrogen-bond donors (Lipinski definition) is 1. The van der Waals surface area contributed by atoms with Gasteiger partial charge in [-0.05, 0) is 18.6 Å². The maximum Gasteiger partial charge on any atom is 0.410 e. The first kappa shape index (κ1) is 10.0. The van der Waals surface area contributed by atoms with Gasteiger partial charge in [0.25, 0.3) is 0 Å². The summed E-state index contributed by atoms with van der Waals surface area (Å²) in [5.74, 6) is 1.53. The average molecular weight is 210 g/mol. The van der Waals surface area contributed by atoms with Crippen LogP contribution in [-0.4, -0.2) is 24.1 Å². The number of ether oxygens (including phenoxy) is 1. The monoisotopic (exact) mass is 210 g/mol. The Morgan fingerprint density at radius 1 is 1.60 bits per heavy atom. The molecule has 15 heavy (non-hydrogen) atoms. The van der Waals surface area contributed by atoms with E-state index < -0.39 is 0 Å². The van der Waals surface area contributed by atoms with Crippen molar-refractivity contribution in [3.05, 3.63) is 23.2 Å². The van der Waals surface area contributed by atoms with Crippen LogP contribution in [-0.2, 0) is 17.8 Å². The molecule has 5 nitrogen and oxygen atoms in total. The molecule has 5 heteroatoms. The van der Waals surface area contributed by atoms with Crippen molar-refractivity contribution in [2.24, 2.45) is 5.73 Å². The molecule has 2 heterocycles. The Morgan fingerprint density at radius 3 is 2.93 bits per heavy atom. The highest BCUT2D eigenvalue weighted by molar-refractivity contribution is 5.69. The molecule has 0 saturated carbocycles. The zero-order chi connectivity index (χ0) is 10.8. The van der Waals surface area contributed by atoms with Crippen molar-refractivity contribution < 1.29 is 13.9 Å². The molecule has 2 rings (SSSR count). The Balaban J connectivity index is 2.07. The Bertz CT molecular complexity index is 373. The maximum atomic E-state index is 11.2. The fourth-order valence-corrected chi connectivity index (χ4v) is 1.63. The molecule has 0 bridgehead atoms. The first-order chi connectivity index (χ1) is 7.20. The Kier molecular flexibility index (Phi) is 2.64. The first-order valence-electron chi connectivity index (χ1n) is 4.90. The van der Waals surface area contributed by atoms with E-state index in [0.717, 1.165) is 17.1 Å². The molecule has 2 N–H and O–H groups in total. The van der Waals surface area contributed by atoms with Gasteiger partial charge in [0.15, 0.2) is 0 Å². The number of furan rings is 1. The van der Waals surface area contributed by atoms with Gasteiger partial charge in [0.1, 0.15) is 18.1 Å². The third kappa shape index (κ3) is 1.97. The van der Waals surface area contributed by atoms with Crippen molar-refractivity contribution >= 4 is 6.09 Å². The van der Waals surface area contributed by atoms with Crippen molar-refractivity contribution in [1.82, 2.24) is 4.90 Å². The second-order valence-corrected chi connectivity index (χ2v) is 3.56. The van der Waals surface area contributed by atoms with E-state index in [9.17, 15) is 4.79 Å². The number of cyclic esters (lactones) is 1. The maximum absolute atomic E-state index is 11.2. The van der Waals surface area contributed by atoms with E-state index in [-0.39, 0.29) is 6.09 Å². The second kappa shape index (κ2) is 3.94. The summed E-state index contributed by atoms with van der Waals surface area (Å²) in [5, 5.41) is 0. The highest BCUT2D eigenvalue weighted by Gasteiger charge is 2.23. The van der Waals surface area contributed by atoms with E-state index in [4.69, 9.17) is 14.9 Å². The van der Waals surface area contributed by atoms with Crippen LogP contribution in [0, 0.1) is 6.92 Å². The zero-order valence-corrected chi connectivity index (χ0v) is 8.66. The molecular weight excluding hydrogens is 196 g/mol. The smallest absolute Gasteiger partial charge is 0.410 e. The number of rotatable bonds is 3. The third-order valence-electron chi connectivity index (χ3n) is 2.45. The Morgan fingerprint density at radius 2 is 2.40 bits per heavy atom. The summed E-state index contributed by atoms with van der Waals surface area (Å²) in [6, 6.07) is 1.91. The van der Waals surface area contributed by atoms with E-state index in [0.29, 0.717) is 26.2 Å². The van der Waals surface area contributed by atoms with Crippen LogP contribution in [0.2, 0.25) is 0 Å². The van der Waals surface area contributed by atoms with Crippen LogP contribution in [0.3, 0.4) is 0 Å². The quantitative estimate of drug-likeness (QED) is 0.808. The normalized spacial score (nSPS) is 15.9. The topological polar surface area (TPSA) is 68.7 Å². The fourth-order valence-electron chi connectivity index (χ4n) is 1.63. The molecule has 0 aromatic carbocycles. The van der Waals surface area contributed by atoms with Crippen LogP contribution in [0.25, 0.3) is 0 Å². The number of carbonyl (C=O) groups is 1. The van der Waals surface area contributed by atoms with Crippen LogP contribution in [0.4, 0.5) is 4.79 Å². The third-order valence-corrected chi connectivity index (χ3v) is 2.45. The van der Waals surface area contributed by atoms with Crippen molar-refractivity contribution in [2.45, 2.75) is 20.0 Å². The summed E-state index contributed by atoms with van der Waals surface area (Å²) in [7, 11) is 0. The van der Waals surface area contributed by atoms with Gasteiger partial charge in [-0.25, -0.2) is 4.79 Å². The van der Waals surface area contributed by atoms with Gasteiger partial charge in [-0.1, -0.05) is 0 Å². The Labute approximate surface area is 87.8 Å². The SMILES string of the molecule is Cc1cc(CN2CCOC2=O)oc1CN. The number of nitrogens with two attached hydrogens (primary N) is 1. The summed E-state index contributed by atoms with van der Waals surface area (Å²) in [4.78, 5) is 12.8. The predicted octanol–water partition coefficient (Wildman–Crippen LogP) is 0.999. The van der Waals surface area contributed by atoms with Gasteiger partial charge < -0.3 is 14.9 Å². The molecule has 1 aromatic heterocycles. The lowest BCUT2D eigenvalue weighted by Gasteiger charge is -2.09. The van der Waals surface area contributed by atoms with Crippen LogP contribution < -0.4 is 5.73 Å². The molecule has 0 atom stereocenters. The van der Waals surface area contributed by atoms with E-state index in [1.54, 1.807) is 4.90 Å². The van der Waals surface area contributed by atoms with Gasteiger partial charge in [-0.2, -0.15) is 0 Å². The molecule has 1 saturated heterocycles. The second-order valence-electron chi connectivity index (χ2n) is 3.56. The lowest BCUT2D eigenvalue weighted by atomic mass is 10.2. The van der Waals surface area contributed by atoms with Gasteiger partial charge in [-0.15, -0.1) is 0 Å². The van der Waals surface area contributed by atoms with Gasteiger partial charge >= 0.3 is 6.09 Å². The fraction of sp³-hybridized carbons (Fsp3) is 0.500. The minimum Gasteiger partial charge on any atom is -0.463 e. The first-order valence-corrected chi connectivity index (χ1v) is 4.90. The Hall–Kier alpha value is -1.49. The van der Waals surface area contributed by atoms with Gasteiger partial charge in [-0.3, -0.25) is 4.90 Å². The number of aryl methyl sites for hydroxylation is 1. The van der Waals surface area contributed by atoms with Crippen LogP contribution in [0.1, 0.15) is 17.1 Å². The van der Waals surface area contributed by atoms with E-state index in [1.807, 2.05) is 13.0 Å². The van der Waals surface area contributed by atoms with Gasteiger partial charge in [0.05, 0.1) is 19.6 Å².